The molecule has 0 aromatic heterocycles. The first-order valence-electron chi connectivity index (χ1n) is 9.10. The van der Waals surface area contributed by atoms with E-state index >= 15 is 0 Å². The number of rotatable bonds is 3. The molecule has 0 spiro atoms. The fourth-order valence-corrected chi connectivity index (χ4v) is 5.50. The fourth-order valence-electron chi connectivity index (χ4n) is 4.45. The molecule has 0 saturated heterocycles. The van der Waals surface area contributed by atoms with Crippen molar-refractivity contribution in [3.05, 3.63) is 0 Å². The number of hydrogen-bond acceptors (Lipinski definition) is 2. The first-order chi connectivity index (χ1) is 9.92. The Labute approximate surface area is 138 Å². The van der Waals surface area contributed by atoms with Crippen molar-refractivity contribution in [3.63, 3.8) is 0 Å². The maximum atomic E-state index is 12.9. The first kappa shape index (κ1) is 18.2. The van der Waals surface area contributed by atoms with E-state index in [9.17, 15) is 4.79 Å². The van der Waals surface area contributed by atoms with E-state index in [4.69, 9.17) is 4.43 Å². The van der Waals surface area contributed by atoms with E-state index in [2.05, 4.69) is 47.7 Å². The Morgan fingerprint density at radius 3 is 2.41 bits per heavy atom. The van der Waals surface area contributed by atoms with Crippen molar-refractivity contribution >= 4 is 14.1 Å². The lowest BCUT2D eigenvalue weighted by Gasteiger charge is -2.55. The third-order valence-corrected chi connectivity index (χ3v) is 11.5. The number of fused-ring (bicyclic) bond motifs is 1. The van der Waals surface area contributed by atoms with Crippen LogP contribution in [0.3, 0.4) is 0 Å². The molecule has 2 aliphatic rings. The van der Waals surface area contributed by atoms with Gasteiger partial charge in [0.25, 0.3) is 0 Å². The summed E-state index contributed by atoms with van der Waals surface area (Å²) in [6, 6.07) is 0. The van der Waals surface area contributed by atoms with Gasteiger partial charge in [0.2, 0.25) is 0 Å². The van der Waals surface area contributed by atoms with Crippen LogP contribution in [-0.2, 0) is 9.22 Å². The van der Waals surface area contributed by atoms with Crippen LogP contribution in [0.15, 0.2) is 0 Å². The Hall–Kier alpha value is -0.153. The van der Waals surface area contributed by atoms with Crippen LogP contribution in [0.25, 0.3) is 0 Å². The zero-order valence-corrected chi connectivity index (χ0v) is 16.8. The summed E-state index contributed by atoms with van der Waals surface area (Å²) < 4.78 is 6.58. The van der Waals surface area contributed by atoms with E-state index < -0.39 is 8.32 Å². The van der Waals surface area contributed by atoms with Gasteiger partial charge in [0.05, 0.1) is 5.41 Å². The molecule has 2 saturated carbocycles. The van der Waals surface area contributed by atoms with Gasteiger partial charge >= 0.3 is 0 Å². The maximum Gasteiger partial charge on any atom is 0.192 e. The van der Waals surface area contributed by atoms with Gasteiger partial charge in [-0.3, -0.25) is 4.79 Å². The number of ketones is 1. The first-order valence-corrected chi connectivity index (χ1v) is 12.0. The highest BCUT2D eigenvalue weighted by atomic mass is 28.4. The second kappa shape index (κ2) is 5.73. The minimum atomic E-state index is -1.80. The Bertz CT molecular complexity index is 433. The summed E-state index contributed by atoms with van der Waals surface area (Å²) in [7, 11) is -1.80. The predicted octanol–water partition coefficient (Wildman–Crippen LogP) is 5.57. The molecule has 0 aliphatic heterocycles. The van der Waals surface area contributed by atoms with E-state index in [0.717, 1.165) is 19.3 Å². The van der Waals surface area contributed by atoms with Crippen molar-refractivity contribution < 1.29 is 9.22 Å². The van der Waals surface area contributed by atoms with Crippen LogP contribution in [0.4, 0.5) is 0 Å². The van der Waals surface area contributed by atoms with Gasteiger partial charge in [0, 0.05) is 13.0 Å². The average Bonchev–Trinajstić information content (AvgIpc) is 2.37. The summed E-state index contributed by atoms with van der Waals surface area (Å²) in [4.78, 5) is 12.9. The largest absolute Gasteiger partial charge is 0.416 e. The van der Waals surface area contributed by atoms with E-state index in [0.29, 0.717) is 18.3 Å². The van der Waals surface area contributed by atoms with Gasteiger partial charge in [-0.1, -0.05) is 41.0 Å². The van der Waals surface area contributed by atoms with Gasteiger partial charge < -0.3 is 4.43 Å². The van der Waals surface area contributed by atoms with Gasteiger partial charge in [-0.05, 0) is 55.1 Å². The molecule has 22 heavy (non-hydrogen) atoms. The SMILES string of the molecule is CC1(C)CCC[C@@]2(CO[Si](C)(C)C(C)(C)C)C(=O)CCC[C@H]12. The van der Waals surface area contributed by atoms with Crippen LogP contribution in [0.1, 0.15) is 73.1 Å². The van der Waals surface area contributed by atoms with Crippen molar-refractivity contribution in [1.29, 1.82) is 0 Å². The van der Waals surface area contributed by atoms with E-state index in [1.54, 1.807) is 0 Å². The summed E-state index contributed by atoms with van der Waals surface area (Å²) in [6.45, 7) is 16.9. The molecule has 3 heteroatoms. The Morgan fingerprint density at radius 2 is 1.82 bits per heavy atom. The molecule has 0 heterocycles. The molecule has 0 bridgehead atoms. The standard InChI is InChI=1S/C19H36O2Si/c1-17(2,3)22(6,7)21-14-19-13-9-12-18(4,5)15(19)10-8-11-16(19)20/h15H,8-14H2,1-7H3/t15-,19+/m1/s1. The molecule has 0 aromatic carbocycles. The minimum Gasteiger partial charge on any atom is -0.416 e. The zero-order valence-electron chi connectivity index (χ0n) is 15.8. The Kier molecular flexibility index (Phi) is 4.74. The molecule has 0 radical (unpaired) electrons. The van der Waals surface area contributed by atoms with Crippen molar-refractivity contribution in [1.82, 2.24) is 0 Å². The summed E-state index contributed by atoms with van der Waals surface area (Å²) in [5.41, 5.74) is 0.0979. The predicted molar refractivity (Wildman–Crippen MR) is 95.6 cm³/mol. The molecule has 0 N–H and O–H groups in total. The van der Waals surface area contributed by atoms with Crippen molar-refractivity contribution in [2.24, 2.45) is 16.7 Å². The highest BCUT2D eigenvalue weighted by Crippen LogP contribution is 2.57. The van der Waals surface area contributed by atoms with Gasteiger partial charge in [-0.25, -0.2) is 0 Å². The lowest BCUT2D eigenvalue weighted by molar-refractivity contribution is -0.150. The molecule has 0 amide bonds. The van der Waals surface area contributed by atoms with Crippen LogP contribution in [0.5, 0.6) is 0 Å². The zero-order chi connectivity index (χ0) is 16.8. The summed E-state index contributed by atoms with van der Waals surface area (Å²) in [5.74, 6) is 1.01. The fraction of sp³-hybridized carbons (Fsp3) is 0.947. The molecule has 2 aliphatic carbocycles. The van der Waals surface area contributed by atoms with Crippen molar-refractivity contribution in [3.8, 4) is 0 Å². The molecular formula is C19H36O2Si. The molecule has 2 fully saturated rings. The second-order valence-corrected chi connectivity index (χ2v) is 14.7. The third-order valence-electron chi connectivity index (χ3n) is 7.00. The Morgan fingerprint density at radius 1 is 1.18 bits per heavy atom. The van der Waals surface area contributed by atoms with E-state index in [-0.39, 0.29) is 15.9 Å². The van der Waals surface area contributed by atoms with Crippen LogP contribution < -0.4 is 0 Å². The normalized spacial score (nSPS) is 32.7. The van der Waals surface area contributed by atoms with Crippen LogP contribution in [0, 0.1) is 16.7 Å². The van der Waals surface area contributed by atoms with Crippen LogP contribution in [-0.4, -0.2) is 20.7 Å². The monoisotopic (exact) mass is 324 g/mol. The Balaban J connectivity index is 2.25. The van der Waals surface area contributed by atoms with E-state index in [1.807, 2.05) is 0 Å². The third kappa shape index (κ3) is 3.08. The summed E-state index contributed by atoms with van der Waals surface area (Å²) in [6.07, 6.45) is 6.54. The number of hydrogen-bond donors (Lipinski definition) is 0. The van der Waals surface area contributed by atoms with Gasteiger partial charge in [-0.2, -0.15) is 0 Å². The molecule has 128 valence electrons. The molecule has 2 atom stereocenters. The topological polar surface area (TPSA) is 26.3 Å². The molecule has 0 unspecified atom stereocenters. The number of carbonyl (C=O) groups excluding carboxylic acids is 1. The number of carbonyl (C=O) groups is 1. The van der Waals surface area contributed by atoms with Gasteiger partial charge in [0.1, 0.15) is 5.78 Å². The summed E-state index contributed by atoms with van der Waals surface area (Å²) >= 11 is 0. The van der Waals surface area contributed by atoms with Crippen molar-refractivity contribution in [2.75, 3.05) is 6.61 Å². The smallest absolute Gasteiger partial charge is 0.192 e. The molecule has 2 rings (SSSR count). The maximum absolute atomic E-state index is 12.9. The highest BCUT2D eigenvalue weighted by molar-refractivity contribution is 6.74. The van der Waals surface area contributed by atoms with Crippen LogP contribution >= 0.6 is 0 Å². The lowest BCUT2D eigenvalue weighted by atomic mass is 9.51. The second-order valence-electron chi connectivity index (χ2n) is 9.92. The van der Waals surface area contributed by atoms with Gasteiger partial charge in [-0.15, -0.1) is 0 Å². The lowest BCUT2D eigenvalue weighted by Crippen LogP contribution is -2.55. The average molecular weight is 325 g/mol. The molecular weight excluding hydrogens is 288 g/mol. The molecule has 2 nitrogen and oxygen atoms in total. The van der Waals surface area contributed by atoms with E-state index in [1.165, 1.54) is 19.3 Å². The van der Waals surface area contributed by atoms with Crippen molar-refractivity contribution in [2.45, 2.75) is 91.3 Å². The quantitative estimate of drug-likeness (QED) is 0.634. The summed E-state index contributed by atoms with van der Waals surface area (Å²) in [5, 5.41) is 0.209. The number of Topliss-reactive ketones (excluding diaryl/α,β-unsaturated/α-hetero) is 1. The van der Waals surface area contributed by atoms with Gasteiger partial charge in [0.15, 0.2) is 8.32 Å². The highest BCUT2D eigenvalue weighted by Gasteiger charge is 2.55. The minimum absolute atomic E-state index is 0.185. The van der Waals surface area contributed by atoms with Crippen LogP contribution in [0.2, 0.25) is 18.1 Å². The molecule has 0 aromatic rings.